The number of thiophene rings is 1. The molecular formula is C23H25F2N7O3S. The Balaban J connectivity index is 1.22. The zero-order chi connectivity index (χ0) is 25.2. The van der Waals surface area contributed by atoms with Crippen molar-refractivity contribution in [3.63, 3.8) is 0 Å². The summed E-state index contributed by atoms with van der Waals surface area (Å²) in [7, 11) is 0. The molecular weight excluding hydrogens is 492 g/mol. The summed E-state index contributed by atoms with van der Waals surface area (Å²) >= 11 is 1.64. The molecule has 2 aliphatic rings. The van der Waals surface area contributed by atoms with E-state index in [2.05, 4.69) is 20.7 Å². The van der Waals surface area contributed by atoms with Gasteiger partial charge in [0.2, 0.25) is 5.91 Å². The number of rotatable bonds is 7. The van der Waals surface area contributed by atoms with Crippen LogP contribution >= 0.6 is 11.3 Å². The summed E-state index contributed by atoms with van der Waals surface area (Å²) in [5.74, 6) is -1.11. The fraction of sp³-hybridized carbons (Fsp3) is 0.435. The average molecular weight is 518 g/mol. The minimum atomic E-state index is -0.751. The molecule has 0 saturated carbocycles. The predicted octanol–water partition coefficient (Wildman–Crippen LogP) is 2.91. The SMILES string of the molecule is CC(=O)NCC1CN(c2cc(F)c(N3CCC(n4nnc(Cc5cccs5)n4)CC3)c(F)c2)C(=O)O1. The van der Waals surface area contributed by atoms with E-state index in [-0.39, 0.29) is 36.4 Å². The van der Waals surface area contributed by atoms with E-state index in [9.17, 15) is 9.59 Å². The van der Waals surface area contributed by atoms with Gasteiger partial charge in [0.25, 0.3) is 0 Å². The van der Waals surface area contributed by atoms with Crippen LogP contribution < -0.4 is 15.1 Å². The number of nitrogens with one attached hydrogen (secondary N) is 1. The van der Waals surface area contributed by atoms with Gasteiger partial charge >= 0.3 is 6.09 Å². The summed E-state index contributed by atoms with van der Waals surface area (Å²) in [6.45, 7) is 2.41. The molecule has 2 saturated heterocycles. The molecule has 3 aromatic rings. The second kappa shape index (κ2) is 10.2. The number of piperidine rings is 1. The van der Waals surface area contributed by atoms with E-state index in [0.717, 1.165) is 17.0 Å². The molecule has 2 aromatic heterocycles. The minimum absolute atomic E-state index is 0.00357. The van der Waals surface area contributed by atoms with Crippen molar-refractivity contribution in [3.8, 4) is 0 Å². The van der Waals surface area contributed by atoms with Crippen LogP contribution in [0.3, 0.4) is 0 Å². The van der Waals surface area contributed by atoms with Gasteiger partial charge in [0.15, 0.2) is 17.5 Å². The third-order valence-electron chi connectivity index (χ3n) is 6.26. The number of benzene rings is 1. The standard InChI is InChI=1S/C23H25F2N7O3S/c1-14(33)26-12-17-13-31(23(34)35-17)16-9-19(24)22(20(25)10-16)30-6-4-15(5-7-30)32-28-21(27-29-32)11-18-3-2-8-36-18/h2-3,8-10,15,17H,4-7,11-13H2,1H3,(H,26,33). The van der Waals surface area contributed by atoms with Crippen LogP contribution in [0, 0.1) is 11.6 Å². The Bertz CT molecular complexity index is 1220. The number of hydrogen-bond donors (Lipinski definition) is 1. The van der Waals surface area contributed by atoms with E-state index >= 15 is 8.78 Å². The van der Waals surface area contributed by atoms with E-state index in [1.165, 1.54) is 11.8 Å². The van der Waals surface area contributed by atoms with Crippen LogP contribution in [-0.2, 0) is 16.0 Å². The van der Waals surface area contributed by atoms with Crippen LogP contribution in [0.25, 0.3) is 0 Å². The van der Waals surface area contributed by atoms with Crippen molar-refractivity contribution in [2.24, 2.45) is 0 Å². The molecule has 36 heavy (non-hydrogen) atoms. The Morgan fingerprint density at radius 2 is 2.00 bits per heavy atom. The van der Waals surface area contributed by atoms with Crippen LogP contribution in [0.1, 0.15) is 36.5 Å². The van der Waals surface area contributed by atoms with Gasteiger partial charge in [-0.2, -0.15) is 4.80 Å². The molecule has 5 rings (SSSR count). The van der Waals surface area contributed by atoms with Crippen LogP contribution in [0.2, 0.25) is 0 Å². The summed E-state index contributed by atoms with van der Waals surface area (Å²) in [6, 6.07) is 6.28. The highest BCUT2D eigenvalue weighted by atomic mass is 32.1. The lowest BCUT2D eigenvalue weighted by Crippen LogP contribution is -2.36. The molecule has 13 heteroatoms. The highest BCUT2D eigenvalue weighted by molar-refractivity contribution is 7.09. The van der Waals surface area contributed by atoms with Gasteiger partial charge < -0.3 is 15.0 Å². The van der Waals surface area contributed by atoms with Crippen molar-refractivity contribution in [1.29, 1.82) is 0 Å². The van der Waals surface area contributed by atoms with Crippen LogP contribution in [0.15, 0.2) is 29.6 Å². The molecule has 2 amide bonds. The first-order valence-corrected chi connectivity index (χ1v) is 12.5. The average Bonchev–Trinajstić information content (AvgIpc) is 3.60. The lowest BCUT2D eigenvalue weighted by Gasteiger charge is -2.33. The third-order valence-corrected chi connectivity index (χ3v) is 7.13. The van der Waals surface area contributed by atoms with Gasteiger partial charge in [0.05, 0.1) is 24.8 Å². The molecule has 0 bridgehead atoms. The number of halogens is 2. The zero-order valence-electron chi connectivity index (χ0n) is 19.6. The number of aromatic nitrogens is 4. The van der Waals surface area contributed by atoms with Crippen LogP contribution in [0.5, 0.6) is 0 Å². The normalized spacial score (nSPS) is 18.5. The van der Waals surface area contributed by atoms with E-state index in [4.69, 9.17) is 4.74 Å². The number of cyclic esters (lactones) is 1. The van der Waals surface area contributed by atoms with Crippen molar-refractivity contribution in [3.05, 3.63) is 52.0 Å². The number of nitrogens with zero attached hydrogens (tertiary/aromatic N) is 6. The fourth-order valence-electron chi connectivity index (χ4n) is 4.48. The molecule has 10 nitrogen and oxygen atoms in total. The van der Waals surface area contributed by atoms with Gasteiger partial charge in [-0.15, -0.1) is 21.5 Å². The highest BCUT2D eigenvalue weighted by Crippen LogP contribution is 2.33. The van der Waals surface area contributed by atoms with Gasteiger partial charge in [0, 0.05) is 43.4 Å². The fourth-order valence-corrected chi connectivity index (χ4v) is 5.18. The van der Waals surface area contributed by atoms with E-state index < -0.39 is 23.8 Å². The summed E-state index contributed by atoms with van der Waals surface area (Å²) in [6.07, 6.45) is 0.536. The molecule has 1 atom stereocenters. The van der Waals surface area contributed by atoms with Crippen molar-refractivity contribution < 1.29 is 23.1 Å². The Morgan fingerprint density at radius 3 is 2.67 bits per heavy atom. The molecule has 1 aromatic carbocycles. The first-order chi connectivity index (χ1) is 17.4. The third kappa shape index (κ3) is 5.15. The molecule has 0 spiro atoms. The smallest absolute Gasteiger partial charge is 0.414 e. The maximum Gasteiger partial charge on any atom is 0.414 e. The molecule has 4 heterocycles. The lowest BCUT2D eigenvalue weighted by molar-refractivity contribution is -0.119. The molecule has 1 N–H and O–H groups in total. The molecule has 0 radical (unpaired) electrons. The van der Waals surface area contributed by atoms with Gasteiger partial charge in [-0.1, -0.05) is 6.07 Å². The maximum absolute atomic E-state index is 15.1. The number of carbonyl (C=O) groups is 2. The van der Waals surface area contributed by atoms with Crippen molar-refractivity contribution in [2.75, 3.05) is 36.0 Å². The Hall–Kier alpha value is -3.61. The minimum Gasteiger partial charge on any atom is -0.442 e. The number of amides is 2. The Morgan fingerprint density at radius 1 is 1.25 bits per heavy atom. The number of anilines is 2. The topological polar surface area (TPSA) is 105 Å². The van der Waals surface area contributed by atoms with E-state index in [1.807, 2.05) is 17.5 Å². The zero-order valence-corrected chi connectivity index (χ0v) is 20.4. The molecule has 2 aliphatic heterocycles. The van der Waals surface area contributed by atoms with Gasteiger partial charge in [-0.25, -0.2) is 13.6 Å². The highest BCUT2D eigenvalue weighted by Gasteiger charge is 2.34. The quantitative estimate of drug-likeness (QED) is 0.514. The van der Waals surface area contributed by atoms with Crippen molar-refractivity contribution >= 4 is 34.7 Å². The summed E-state index contributed by atoms with van der Waals surface area (Å²) in [5.41, 5.74) is -0.0476. The van der Waals surface area contributed by atoms with Gasteiger partial charge in [0.1, 0.15) is 11.8 Å². The van der Waals surface area contributed by atoms with Crippen LogP contribution in [0.4, 0.5) is 25.0 Å². The predicted molar refractivity (Wildman–Crippen MR) is 128 cm³/mol. The summed E-state index contributed by atoms with van der Waals surface area (Å²) in [5, 5.41) is 17.4. The molecule has 190 valence electrons. The van der Waals surface area contributed by atoms with Gasteiger partial charge in [-0.05, 0) is 29.5 Å². The Kier molecular flexibility index (Phi) is 6.81. The maximum atomic E-state index is 15.1. The number of carbonyl (C=O) groups excluding carboxylic acids is 2. The number of hydrogen-bond acceptors (Lipinski definition) is 8. The number of tetrazole rings is 1. The first-order valence-electron chi connectivity index (χ1n) is 11.6. The van der Waals surface area contributed by atoms with Crippen LogP contribution in [-0.4, -0.2) is 64.5 Å². The lowest BCUT2D eigenvalue weighted by atomic mass is 10.0. The van der Waals surface area contributed by atoms with Crippen molar-refractivity contribution in [2.45, 2.75) is 38.3 Å². The molecule has 0 aliphatic carbocycles. The molecule has 1 unspecified atom stereocenters. The van der Waals surface area contributed by atoms with Crippen molar-refractivity contribution in [1.82, 2.24) is 25.5 Å². The van der Waals surface area contributed by atoms with Gasteiger partial charge in [-0.3, -0.25) is 9.69 Å². The first kappa shape index (κ1) is 24.1. The monoisotopic (exact) mass is 517 g/mol. The number of ether oxygens (including phenoxy) is 1. The summed E-state index contributed by atoms with van der Waals surface area (Å²) < 4.78 is 35.3. The summed E-state index contributed by atoms with van der Waals surface area (Å²) in [4.78, 5) is 28.9. The largest absolute Gasteiger partial charge is 0.442 e. The molecule has 2 fully saturated rings. The Labute approximate surface area is 209 Å². The van der Waals surface area contributed by atoms with E-state index in [0.29, 0.717) is 38.2 Å². The van der Waals surface area contributed by atoms with E-state index in [1.54, 1.807) is 21.0 Å². The second-order valence-electron chi connectivity index (χ2n) is 8.81. The second-order valence-corrected chi connectivity index (χ2v) is 9.84.